The molecular weight excluding hydrogens is 260 g/mol. The maximum absolute atomic E-state index is 6.16. The van der Waals surface area contributed by atoms with E-state index in [1.165, 1.54) is 0 Å². The molecule has 2 aromatic rings. The monoisotopic (exact) mass is 276 g/mol. The third-order valence-corrected chi connectivity index (χ3v) is 3.21. The van der Waals surface area contributed by atoms with Crippen LogP contribution in [0, 0.1) is 20.8 Å². The number of aryl methyl sites for hydroxylation is 3. The van der Waals surface area contributed by atoms with E-state index >= 15 is 0 Å². The Hall–Kier alpha value is -1.68. The highest BCUT2D eigenvalue weighted by atomic mass is 35.5. The molecule has 0 aliphatic rings. The van der Waals surface area contributed by atoms with Gasteiger partial charge < -0.3 is 4.90 Å². The molecule has 0 aliphatic carbocycles. The van der Waals surface area contributed by atoms with Crippen LogP contribution < -0.4 is 4.90 Å². The van der Waals surface area contributed by atoms with Crippen molar-refractivity contribution >= 4 is 17.4 Å². The van der Waals surface area contributed by atoms with Gasteiger partial charge >= 0.3 is 0 Å². The largest absolute Gasteiger partial charge is 0.351 e. The highest BCUT2D eigenvalue weighted by Crippen LogP contribution is 2.22. The Morgan fingerprint density at radius 3 is 2.42 bits per heavy atom. The molecule has 0 saturated heterocycles. The maximum atomic E-state index is 6.16. The molecule has 0 unspecified atom stereocenters. The Morgan fingerprint density at radius 2 is 1.74 bits per heavy atom. The zero-order chi connectivity index (χ0) is 14.0. The van der Waals surface area contributed by atoms with Gasteiger partial charge in [-0.05, 0) is 32.9 Å². The summed E-state index contributed by atoms with van der Waals surface area (Å²) in [6.45, 7) is 6.46. The van der Waals surface area contributed by atoms with Gasteiger partial charge in [-0.1, -0.05) is 17.7 Å². The summed E-state index contributed by atoms with van der Waals surface area (Å²) in [6.07, 6.45) is 0. The summed E-state index contributed by atoms with van der Waals surface area (Å²) >= 11 is 6.16. The molecular formula is C14H17ClN4. The lowest BCUT2D eigenvalue weighted by atomic mass is 10.3. The van der Waals surface area contributed by atoms with Crippen LogP contribution in [-0.2, 0) is 6.54 Å². The van der Waals surface area contributed by atoms with E-state index in [4.69, 9.17) is 11.6 Å². The molecule has 2 aromatic heterocycles. The van der Waals surface area contributed by atoms with Crippen LogP contribution in [0.25, 0.3) is 0 Å². The summed E-state index contributed by atoms with van der Waals surface area (Å²) in [5, 5.41) is 0.429. The first-order valence-electron chi connectivity index (χ1n) is 6.12. The highest BCUT2D eigenvalue weighted by Gasteiger charge is 2.12. The molecule has 0 fully saturated rings. The summed E-state index contributed by atoms with van der Waals surface area (Å²) in [7, 11) is 1.94. The molecule has 0 spiro atoms. The fourth-order valence-electron chi connectivity index (χ4n) is 1.81. The molecule has 0 amide bonds. The van der Waals surface area contributed by atoms with E-state index < -0.39 is 0 Å². The number of nitrogens with zero attached hydrogens (tertiary/aromatic N) is 4. The van der Waals surface area contributed by atoms with Crippen LogP contribution in [0.1, 0.15) is 22.8 Å². The average Bonchev–Trinajstić information content (AvgIpc) is 2.33. The van der Waals surface area contributed by atoms with Crippen LogP contribution in [0.4, 0.5) is 5.82 Å². The highest BCUT2D eigenvalue weighted by molar-refractivity contribution is 6.31. The van der Waals surface area contributed by atoms with E-state index in [2.05, 4.69) is 15.0 Å². The normalized spacial score (nSPS) is 10.6. The SMILES string of the molecule is Cc1cccc(CN(C)c2nc(C)c(C)nc2Cl)n1. The summed E-state index contributed by atoms with van der Waals surface area (Å²) < 4.78 is 0. The summed E-state index contributed by atoms with van der Waals surface area (Å²) in [5.41, 5.74) is 3.74. The molecule has 0 aliphatic heterocycles. The van der Waals surface area contributed by atoms with Crippen LogP contribution in [0.5, 0.6) is 0 Å². The van der Waals surface area contributed by atoms with Crippen molar-refractivity contribution in [3.63, 3.8) is 0 Å². The van der Waals surface area contributed by atoms with Crippen molar-refractivity contribution < 1.29 is 0 Å². The Kier molecular flexibility index (Phi) is 4.00. The quantitative estimate of drug-likeness (QED) is 0.864. The zero-order valence-electron chi connectivity index (χ0n) is 11.6. The topological polar surface area (TPSA) is 41.9 Å². The third kappa shape index (κ3) is 3.20. The molecule has 19 heavy (non-hydrogen) atoms. The van der Waals surface area contributed by atoms with Crippen molar-refractivity contribution in [3.8, 4) is 0 Å². The molecule has 0 radical (unpaired) electrons. The van der Waals surface area contributed by atoms with E-state index in [0.29, 0.717) is 17.5 Å². The number of rotatable bonds is 3. The standard InChI is InChI=1S/C14H17ClN4/c1-9-6-5-7-12(16-9)8-19(4)14-13(15)17-10(2)11(3)18-14/h5-7H,8H2,1-4H3. The molecule has 0 saturated carbocycles. The van der Waals surface area contributed by atoms with Crippen LogP contribution in [-0.4, -0.2) is 22.0 Å². The maximum Gasteiger partial charge on any atom is 0.171 e. The number of hydrogen-bond acceptors (Lipinski definition) is 4. The van der Waals surface area contributed by atoms with Crippen molar-refractivity contribution in [2.45, 2.75) is 27.3 Å². The summed E-state index contributed by atoms with van der Waals surface area (Å²) in [6, 6.07) is 5.97. The average molecular weight is 277 g/mol. The van der Waals surface area contributed by atoms with Crippen molar-refractivity contribution in [3.05, 3.63) is 46.1 Å². The second kappa shape index (κ2) is 5.53. The van der Waals surface area contributed by atoms with Crippen LogP contribution in [0.15, 0.2) is 18.2 Å². The predicted molar refractivity (Wildman–Crippen MR) is 77.6 cm³/mol. The second-order valence-corrected chi connectivity index (χ2v) is 4.99. The molecule has 5 heteroatoms. The van der Waals surface area contributed by atoms with Gasteiger partial charge in [0.1, 0.15) is 0 Å². The molecule has 4 nitrogen and oxygen atoms in total. The third-order valence-electron chi connectivity index (χ3n) is 2.95. The second-order valence-electron chi connectivity index (χ2n) is 4.64. The van der Waals surface area contributed by atoms with Crippen molar-refractivity contribution in [1.82, 2.24) is 15.0 Å². The van der Waals surface area contributed by atoms with Crippen molar-refractivity contribution in [2.24, 2.45) is 0 Å². The van der Waals surface area contributed by atoms with Gasteiger partial charge in [-0.2, -0.15) is 0 Å². The van der Waals surface area contributed by atoms with Crippen LogP contribution in [0.2, 0.25) is 5.15 Å². The minimum atomic E-state index is 0.429. The molecule has 0 aromatic carbocycles. The molecule has 2 rings (SSSR count). The van der Waals surface area contributed by atoms with Gasteiger partial charge in [0.2, 0.25) is 0 Å². The number of halogens is 1. The Morgan fingerprint density at radius 1 is 1.05 bits per heavy atom. The van der Waals surface area contributed by atoms with Gasteiger partial charge in [0.05, 0.1) is 23.6 Å². The van der Waals surface area contributed by atoms with Gasteiger partial charge in [-0.25, -0.2) is 9.97 Å². The fourth-order valence-corrected chi connectivity index (χ4v) is 2.13. The summed E-state index contributed by atoms with van der Waals surface area (Å²) in [4.78, 5) is 15.2. The molecule has 0 bridgehead atoms. The van der Waals surface area contributed by atoms with Crippen molar-refractivity contribution in [2.75, 3.05) is 11.9 Å². The number of aromatic nitrogens is 3. The number of hydrogen-bond donors (Lipinski definition) is 0. The predicted octanol–water partition coefficient (Wildman–Crippen LogP) is 3.09. The molecule has 100 valence electrons. The van der Waals surface area contributed by atoms with E-state index in [-0.39, 0.29) is 0 Å². The first-order chi connectivity index (χ1) is 8.97. The smallest absolute Gasteiger partial charge is 0.171 e. The minimum Gasteiger partial charge on any atom is -0.351 e. The first-order valence-corrected chi connectivity index (χ1v) is 6.49. The minimum absolute atomic E-state index is 0.429. The summed E-state index contributed by atoms with van der Waals surface area (Å²) in [5.74, 6) is 0.688. The van der Waals surface area contributed by atoms with E-state index in [9.17, 15) is 0 Å². The lowest BCUT2D eigenvalue weighted by molar-refractivity contribution is 0.845. The van der Waals surface area contributed by atoms with E-state index in [1.54, 1.807) is 0 Å². The van der Waals surface area contributed by atoms with Gasteiger partial charge in [-0.3, -0.25) is 4.98 Å². The Labute approximate surface area is 118 Å². The zero-order valence-corrected chi connectivity index (χ0v) is 12.4. The lowest BCUT2D eigenvalue weighted by Gasteiger charge is -2.19. The van der Waals surface area contributed by atoms with Crippen LogP contribution >= 0.6 is 11.6 Å². The van der Waals surface area contributed by atoms with Gasteiger partial charge in [0.25, 0.3) is 0 Å². The van der Waals surface area contributed by atoms with Gasteiger partial charge in [0.15, 0.2) is 11.0 Å². The molecule has 2 heterocycles. The molecule has 0 atom stereocenters. The number of pyridine rings is 1. The Balaban J connectivity index is 2.25. The van der Waals surface area contributed by atoms with Gasteiger partial charge in [0, 0.05) is 12.7 Å². The molecule has 0 N–H and O–H groups in total. The van der Waals surface area contributed by atoms with E-state index in [0.717, 1.165) is 22.8 Å². The number of anilines is 1. The van der Waals surface area contributed by atoms with Gasteiger partial charge in [-0.15, -0.1) is 0 Å². The van der Waals surface area contributed by atoms with Crippen molar-refractivity contribution in [1.29, 1.82) is 0 Å². The Bertz CT molecular complexity index is 598. The van der Waals surface area contributed by atoms with E-state index in [1.807, 2.05) is 50.9 Å². The van der Waals surface area contributed by atoms with Crippen LogP contribution in [0.3, 0.4) is 0 Å². The first kappa shape index (κ1) is 13.7. The fraction of sp³-hybridized carbons (Fsp3) is 0.357. The lowest BCUT2D eigenvalue weighted by Crippen LogP contribution is -2.20.